The molecule has 0 atom stereocenters. The third-order valence-electron chi connectivity index (χ3n) is 1.87. The summed E-state index contributed by atoms with van der Waals surface area (Å²) in [7, 11) is 0. The predicted octanol–water partition coefficient (Wildman–Crippen LogP) is 3.34. The summed E-state index contributed by atoms with van der Waals surface area (Å²) in [5.74, 6) is -0.340. The van der Waals surface area contributed by atoms with Gasteiger partial charge < -0.3 is 9.73 Å². The van der Waals surface area contributed by atoms with Crippen molar-refractivity contribution < 1.29 is 9.21 Å². The van der Waals surface area contributed by atoms with E-state index in [0.29, 0.717) is 10.3 Å². The Hall–Kier alpha value is -1.33. The van der Waals surface area contributed by atoms with Crippen molar-refractivity contribution in [2.24, 2.45) is 0 Å². The van der Waals surface area contributed by atoms with E-state index in [1.165, 1.54) is 12.3 Å². The summed E-state index contributed by atoms with van der Waals surface area (Å²) in [6, 6.07) is 4.95. The van der Waals surface area contributed by atoms with Crippen molar-refractivity contribution >= 4 is 39.1 Å². The van der Waals surface area contributed by atoms with E-state index in [1.807, 2.05) is 0 Å². The van der Waals surface area contributed by atoms with Crippen LogP contribution in [0.15, 0.2) is 39.7 Å². The Morgan fingerprint density at radius 2 is 2.31 bits per heavy atom. The number of carbonyl (C=O) groups is 1. The van der Waals surface area contributed by atoms with Crippen LogP contribution in [0.25, 0.3) is 0 Å². The summed E-state index contributed by atoms with van der Waals surface area (Å²) in [5, 5.41) is 2.73. The van der Waals surface area contributed by atoms with Crippen LogP contribution in [0.4, 0.5) is 5.69 Å². The molecule has 0 radical (unpaired) electrons. The number of pyridine rings is 1. The fraction of sp³-hybridized carbons (Fsp3) is 0. The molecule has 0 aliphatic carbocycles. The van der Waals surface area contributed by atoms with Crippen LogP contribution in [0.2, 0.25) is 5.22 Å². The number of hydrogen-bond donors (Lipinski definition) is 1. The molecule has 0 aliphatic heterocycles. The molecule has 0 unspecified atom stereocenters. The second-order valence-corrected chi connectivity index (χ2v) is 4.00. The molecule has 0 fully saturated rings. The molecule has 0 saturated heterocycles. The molecule has 2 aromatic rings. The molecule has 4 nitrogen and oxygen atoms in total. The minimum absolute atomic E-state index is 0.0671. The summed E-state index contributed by atoms with van der Waals surface area (Å²) < 4.78 is 5.39. The second kappa shape index (κ2) is 4.67. The molecule has 2 rings (SSSR count). The van der Waals surface area contributed by atoms with E-state index in [0.717, 1.165) is 0 Å². The van der Waals surface area contributed by atoms with Crippen LogP contribution in [-0.2, 0) is 0 Å². The number of furan rings is 1. The van der Waals surface area contributed by atoms with E-state index in [1.54, 1.807) is 18.3 Å². The van der Waals surface area contributed by atoms with Gasteiger partial charge in [-0.05, 0) is 45.7 Å². The lowest BCUT2D eigenvalue weighted by atomic mass is 10.3. The first-order valence-corrected chi connectivity index (χ1v) is 5.50. The van der Waals surface area contributed by atoms with Crippen molar-refractivity contribution in [2.45, 2.75) is 0 Å². The first kappa shape index (κ1) is 11.2. The Morgan fingerprint density at radius 1 is 1.50 bits per heavy atom. The second-order valence-electron chi connectivity index (χ2n) is 2.90. The molecule has 1 N–H and O–H groups in total. The molecule has 6 heteroatoms. The molecule has 2 heterocycles. The number of nitrogens with one attached hydrogen (secondary N) is 1. The number of anilines is 1. The zero-order valence-electron chi connectivity index (χ0n) is 7.91. The molecular weight excluding hydrogens is 295 g/mol. The predicted molar refractivity (Wildman–Crippen MR) is 63.6 cm³/mol. The fourth-order valence-electron chi connectivity index (χ4n) is 1.12. The molecular formula is C10H6BrClN2O2. The summed E-state index contributed by atoms with van der Waals surface area (Å²) in [6.07, 6.45) is 2.97. The van der Waals surface area contributed by atoms with Crippen molar-refractivity contribution in [3.8, 4) is 0 Å². The lowest BCUT2D eigenvalue weighted by molar-refractivity contribution is 0.102. The highest BCUT2D eigenvalue weighted by atomic mass is 79.9. The standard InChI is InChI=1S/C10H6BrClN2O2/c11-8-7(2-1-4-13-8)14-10(15)6-3-5-16-9(6)12/h1-5H,(H,14,15). The van der Waals surface area contributed by atoms with Crippen molar-refractivity contribution in [1.29, 1.82) is 0 Å². The van der Waals surface area contributed by atoms with Gasteiger partial charge in [0.2, 0.25) is 5.22 Å². The van der Waals surface area contributed by atoms with Gasteiger partial charge in [0.15, 0.2) is 0 Å². The van der Waals surface area contributed by atoms with Crippen LogP contribution in [0.5, 0.6) is 0 Å². The monoisotopic (exact) mass is 300 g/mol. The number of nitrogens with zero attached hydrogens (tertiary/aromatic N) is 1. The zero-order chi connectivity index (χ0) is 11.5. The quantitative estimate of drug-likeness (QED) is 0.866. The first-order valence-electron chi connectivity index (χ1n) is 4.33. The molecule has 2 aromatic heterocycles. The number of amides is 1. The van der Waals surface area contributed by atoms with E-state index in [2.05, 4.69) is 26.2 Å². The van der Waals surface area contributed by atoms with Gasteiger partial charge in [-0.1, -0.05) is 0 Å². The lowest BCUT2D eigenvalue weighted by Crippen LogP contribution is -2.12. The van der Waals surface area contributed by atoms with Crippen molar-refractivity contribution in [1.82, 2.24) is 4.98 Å². The number of aromatic nitrogens is 1. The highest BCUT2D eigenvalue weighted by Crippen LogP contribution is 2.22. The average molecular weight is 302 g/mol. The molecule has 1 amide bonds. The van der Waals surface area contributed by atoms with E-state index in [9.17, 15) is 4.79 Å². The lowest BCUT2D eigenvalue weighted by Gasteiger charge is -2.04. The number of rotatable bonds is 2. The van der Waals surface area contributed by atoms with Crippen molar-refractivity contribution in [3.63, 3.8) is 0 Å². The van der Waals surface area contributed by atoms with E-state index < -0.39 is 0 Å². The Balaban J connectivity index is 2.21. The van der Waals surface area contributed by atoms with Crippen LogP contribution in [0, 0.1) is 0 Å². The van der Waals surface area contributed by atoms with Crippen LogP contribution in [0.3, 0.4) is 0 Å². The maximum atomic E-state index is 11.7. The molecule has 0 bridgehead atoms. The highest BCUT2D eigenvalue weighted by Gasteiger charge is 2.14. The third-order valence-corrected chi connectivity index (χ3v) is 2.79. The minimum Gasteiger partial charge on any atom is -0.452 e. The van der Waals surface area contributed by atoms with Gasteiger partial charge in [-0.3, -0.25) is 4.79 Å². The summed E-state index contributed by atoms with van der Waals surface area (Å²) in [4.78, 5) is 15.7. The van der Waals surface area contributed by atoms with Crippen LogP contribution in [-0.4, -0.2) is 10.9 Å². The molecule has 0 aromatic carbocycles. The maximum Gasteiger partial charge on any atom is 0.260 e. The third kappa shape index (κ3) is 2.25. The summed E-state index contributed by atoms with van der Waals surface area (Å²) in [5.41, 5.74) is 0.863. The van der Waals surface area contributed by atoms with E-state index in [-0.39, 0.29) is 16.7 Å². The molecule has 0 spiro atoms. The van der Waals surface area contributed by atoms with Gasteiger partial charge in [0.05, 0.1) is 17.5 Å². The molecule has 0 aliphatic rings. The SMILES string of the molecule is O=C(Nc1cccnc1Br)c1ccoc1Cl. The zero-order valence-corrected chi connectivity index (χ0v) is 10.2. The van der Waals surface area contributed by atoms with Gasteiger partial charge in [0.25, 0.3) is 5.91 Å². The molecule has 16 heavy (non-hydrogen) atoms. The summed E-state index contributed by atoms with van der Waals surface area (Å²) in [6.45, 7) is 0. The van der Waals surface area contributed by atoms with E-state index >= 15 is 0 Å². The van der Waals surface area contributed by atoms with Gasteiger partial charge in [0.1, 0.15) is 4.60 Å². The Bertz CT molecular complexity index is 527. The maximum absolute atomic E-state index is 11.7. The van der Waals surface area contributed by atoms with Crippen molar-refractivity contribution in [2.75, 3.05) is 5.32 Å². The van der Waals surface area contributed by atoms with Crippen LogP contribution >= 0.6 is 27.5 Å². The van der Waals surface area contributed by atoms with Crippen molar-refractivity contribution in [3.05, 3.63) is 46.0 Å². The highest BCUT2D eigenvalue weighted by molar-refractivity contribution is 9.10. The van der Waals surface area contributed by atoms with Gasteiger partial charge in [-0.2, -0.15) is 0 Å². The Morgan fingerprint density at radius 3 is 2.94 bits per heavy atom. The number of halogens is 2. The van der Waals surface area contributed by atoms with Gasteiger partial charge in [0, 0.05) is 6.20 Å². The Kier molecular flexibility index (Phi) is 3.26. The fourth-order valence-corrected chi connectivity index (χ4v) is 1.67. The van der Waals surface area contributed by atoms with Gasteiger partial charge in [-0.25, -0.2) is 4.98 Å². The Labute approximate surface area is 105 Å². The van der Waals surface area contributed by atoms with Crippen LogP contribution in [0.1, 0.15) is 10.4 Å². The van der Waals surface area contributed by atoms with Gasteiger partial charge >= 0.3 is 0 Å². The smallest absolute Gasteiger partial charge is 0.260 e. The molecule has 0 saturated carbocycles. The largest absolute Gasteiger partial charge is 0.452 e. The average Bonchev–Trinajstić information content (AvgIpc) is 2.68. The normalized spacial score (nSPS) is 10.1. The molecule has 82 valence electrons. The van der Waals surface area contributed by atoms with Crippen LogP contribution < -0.4 is 5.32 Å². The van der Waals surface area contributed by atoms with Gasteiger partial charge in [-0.15, -0.1) is 0 Å². The number of carbonyl (C=O) groups excluding carboxylic acids is 1. The number of hydrogen-bond acceptors (Lipinski definition) is 3. The first-order chi connectivity index (χ1) is 7.68. The summed E-state index contributed by atoms with van der Waals surface area (Å²) >= 11 is 8.91. The minimum atomic E-state index is -0.340. The topological polar surface area (TPSA) is 55.1 Å². The van der Waals surface area contributed by atoms with E-state index in [4.69, 9.17) is 16.0 Å².